The largest absolute Gasteiger partial charge is 0.486 e. The van der Waals surface area contributed by atoms with E-state index in [1.807, 2.05) is 19.1 Å². The molecule has 1 heterocycles. The highest BCUT2D eigenvalue weighted by molar-refractivity contribution is 5.87. The van der Waals surface area contributed by atoms with E-state index in [-0.39, 0.29) is 24.9 Å². The highest BCUT2D eigenvalue weighted by Crippen LogP contribution is 2.32. The van der Waals surface area contributed by atoms with Crippen LogP contribution in [0.25, 0.3) is 0 Å². The van der Waals surface area contributed by atoms with Crippen molar-refractivity contribution in [1.82, 2.24) is 5.32 Å². The molecule has 22 heavy (non-hydrogen) atoms. The van der Waals surface area contributed by atoms with Gasteiger partial charge in [-0.15, -0.1) is 12.4 Å². The molecule has 2 atom stereocenters. The van der Waals surface area contributed by atoms with Gasteiger partial charge < -0.3 is 26.3 Å². The quantitative estimate of drug-likeness (QED) is 0.716. The lowest BCUT2D eigenvalue weighted by molar-refractivity contribution is -0.126. The molecular formula is C14H20ClN3O4. The van der Waals surface area contributed by atoms with Crippen LogP contribution >= 0.6 is 12.4 Å². The van der Waals surface area contributed by atoms with Crippen molar-refractivity contribution in [3.63, 3.8) is 0 Å². The molecule has 2 amide bonds. The summed E-state index contributed by atoms with van der Waals surface area (Å²) >= 11 is 0. The highest BCUT2D eigenvalue weighted by Gasteiger charge is 2.20. The number of carbonyl (C=O) groups excluding carboxylic acids is 2. The van der Waals surface area contributed by atoms with Crippen molar-refractivity contribution in [2.24, 2.45) is 11.5 Å². The summed E-state index contributed by atoms with van der Waals surface area (Å²) in [7, 11) is 0. The van der Waals surface area contributed by atoms with Gasteiger partial charge in [0, 0.05) is 0 Å². The lowest BCUT2D eigenvalue weighted by Gasteiger charge is -2.21. The molecule has 8 heteroatoms. The Morgan fingerprint density at radius 1 is 1.27 bits per heavy atom. The molecule has 0 aromatic heterocycles. The molecule has 2 unspecified atom stereocenters. The maximum Gasteiger partial charge on any atom is 0.237 e. The van der Waals surface area contributed by atoms with Crippen molar-refractivity contribution in [2.75, 3.05) is 13.2 Å². The van der Waals surface area contributed by atoms with Gasteiger partial charge in [0.25, 0.3) is 0 Å². The number of nitrogens with one attached hydrogen (secondary N) is 1. The molecule has 1 aromatic rings. The molecule has 0 spiro atoms. The fourth-order valence-corrected chi connectivity index (χ4v) is 2.04. The van der Waals surface area contributed by atoms with Gasteiger partial charge in [-0.2, -0.15) is 0 Å². The Hall–Kier alpha value is -1.99. The molecule has 1 aliphatic rings. The van der Waals surface area contributed by atoms with Gasteiger partial charge in [0.2, 0.25) is 11.8 Å². The molecule has 1 aliphatic heterocycles. The third-order valence-electron chi connectivity index (χ3n) is 3.18. The van der Waals surface area contributed by atoms with Crippen LogP contribution in [-0.2, 0) is 9.59 Å². The van der Waals surface area contributed by atoms with Crippen molar-refractivity contribution in [3.8, 4) is 11.5 Å². The van der Waals surface area contributed by atoms with E-state index in [1.54, 1.807) is 6.07 Å². The number of fused-ring (bicyclic) bond motifs is 1. The summed E-state index contributed by atoms with van der Waals surface area (Å²) in [5.41, 5.74) is 11.5. The Kier molecular flexibility index (Phi) is 6.45. The van der Waals surface area contributed by atoms with Gasteiger partial charge in [0.05, 0.1) is 18.5 Å². The Balaban J connectivity index is 0.00000242. The molecule has 0 saturated heterocycles. The van der Waals surface area contributed by atoms with Gasteiger partial charge in [0.1, 0.15) is 13.2 Å². The summed E-state index contributed by atoms with van der Waals surface area (Å²) < 4.78 is 10.9. The second-order valence-corrected chi connectivity index (χ2v) is 4.91. The smallest absolute Gasteiger partial charge is 0.237 e. The number of primary amides is 1. The number of halogens is 1. The molecule has 2 rings (SSSR count). The van der Waals surface area contributed by atoms with E-state index < -0.39 is 17.9 Å². The number of nitrogens with two attached hydrogens (primary N) is 2. The fraction of sp³-hybridized carbons (Fsp3) is 0.429. The second-order valence-electron chi connectivity index (χ2n) is 4.91. The average molecular weight is 330 g/mol. The standard InChI is InChI=1S/C14H19N3O4.ClH/c1-8(17-14(19)10(15)7-13(16)18)9-2-3-11-12(6-9)21-5-4-20-11;/h2-3,6,8,10H,4-5,7,15H2,1H3,(H2,16,18)(H,17,19);1H. The Labute approximate surface area is 134 Å². The number of rotatable bonds is 5. The first-order valence-corrected chi connectivity index (χ1v) is 6.71. The van der Waals surface area contributed by atoms with Crippen molar-refractivity contribution < 1.29 is 19.1 Å². The van der Waals surface area contributed by atoms with E-state index in [4.69, 9.17) is 20.9 Å². The molecule has 0 bridgehead atoms. The van der Waals surface area contributed by atoms with Crippen LogP contribution in [0.4, 0.5) is 0 Å². The van der Waals surface area contributed by atoms with Crippen molar-refractivity contribution in [3.05, 3.63) is 23.8 Å². The van der Waals surface area contributed by atoms with E-state index in [2.05, 4.69) is 5.32 Å². The van der Waals surface area contributed by atoms with E-state index in [9.17, 15) is 9.59 Å². The fourth-order valence-electron chi connectivity index (χ4n) is 2.04. The first-order valence-electron chi connectivity index (χ1n) is 6.71. The molecule has 122 valence electrons. The molecular weight excluding hydrogens is 310 g/mol. The van der Waals surface area contributed by atoms with Crippen molar-refractivity contribution in [2.45, 2.75) is 25.4 Å². The summed E-state index contributed by atoms with van der Waals surface area (Å²) in [6.45, 7) is 2.85. The normalized spacial score (nSPS) is 15.2. The molecule has 0 fully saturated rings. The predicted octanol–water partition coefficient (Wildman–Crippen LogP) is 0.259. The average Bonchev–Trinajstić information content (AvgIpc) is 2.45. The zero-order valence-corrected chi connectivity index (χ0v) is 13.0. The van der Waals surface area contributed by atoms with Crippen LogP contribution in [0.15, 0.2) is 18.2 Å². The SMILES string of the molecule is CC(NC(=O)C(N)CC(N)=O)c1ccc2c(c1)OCCO2.Cl. The minimum absolute atomic E-state index is 0. The Bertz CT molecular complexity index is 553. The molecule has 0 radical (unpaired) electrons. The monoisotopic (exact) mass is 329 g/mol. The third-order valence-corrected chi connectivity index (χ3v) is 3.18. The molecule has 0 aliphatic carbocycles. The summed E-state index contributed by atoms with van der Waals surface area (Å²) in [6.07, 6.45) is -0.181. The van der Waals surface area contributed by atoms with Gasteiger partial charge in [-0.1, -0.05) is 6.07 Å². The predicted molar refractivity (Wildman–Crippen MR) is 83.0 cm³/mol. The van der Waals surface area contributed by atoms with Crippen LogP contribution in [0.5, 0.6) is 11.5 Å². The van der Waals surface area contributed by atoms with Crippen LogP contribution in [0.2, 0.25) is 0 Å². The van der Waals surface area contributed by atoms with Crippen molar-refractivity contribution >= 4 is 24.2 Å². The lowest BCUT2D eigenvalue weighted by Crippen LogP contribution is -2.43. The van der Waals surface area contributed by atoms with Crippen LogP contribution in [0.3, 0.4) is 0 Å². The molecule has 5 N–H and O–H groups in total. The summed E-state index contributed by atoms with van der Waals surface area (Å²) in [5, 5.41) is 2.74. The summed E-state index contributed by atoms with van der Waals surface area (Å²) in [4.78, 5) is 22.6. The minimum atomic E-state index is -0.942. The number of carbonyl (C=O) groups is 2. The van der Waals surface area contributed by atoms with Crippen molar-refractivity contribution in [1.29, 1.82) is 0 Å². The Morgan fingerprint density at radius 3 is 2.55 bits per heavy atom. The molecule has 7 nitrogen and oxygen atoms in total. The first-order chi connectivity index (χ1) is 9.97. The van der Waals surface area contributed by atoms with E-state index in [0.717, 1.165) is 5.56 Å². The topological polar surface area (TPSA) is 117 Å². The number of hydrogen-bond donors (Lipinski definition) is 3. The van der Waals surface area contributed by atoms with Gasteiger partial charge >= 0.3 is 0 Å². The van der Waals surface area contributed by atoms with Gasteiger partial charge in [-0.25, -0.2) is 0 Å². The maximum absolute atomic E-state index is 11.9. The van der Waals surface area contributed by atoms with Crippen LogP contribution in [0, 0.1) is 0 Å². The van der Waals surface area contributed by atoms with E-state index >= 15 is 0 Å². The molecule has 0 saturated carbocycles. The number of benzene rings is 1. The third kappa shape index (κ3) is 4.51. The van der Waals surface area contributed by atoms with Gasteiger partial charge in [0.15, 0.2) is 11.5 Å². The number of amides is 2. The molecule has 1 aromatic carbocycles. The first kappa shape index (κ1) is 18.1. The van der Waals surface area contributed by atoms with Crippen LogP contribution in [-0.4, -0.2) is 31.1 Å². The number of ether oxygens (including phenoxy) is 2. The minimum Gasteiger partial charge on any atom is -0.486 e. The number of hydrogen-bond acceptors (Lipinski definition) is 5. The van der Waals surface area contributed by atoms with Gasteiger partial charge in [-0.3, -0.25) is 9.59 Å². The van der Waals surface area contributed by atoms with Crippen LogP contribution in [0.1, 0.15) is 24.9 Å². The Morgan fingerprint density at radius 2 is 1.91 bits per heavy atom. The van der Waals surface area contributed by atoms with Gasteiger partial charge in [-0.05, 0) is 24.6 Å². The maximum atomic E-state index is 11.9. The van der Waals surface area contributed by atoms with E-state index in [1.165, 1.54) is 0 Å². The second kappa shape index (κ2) is 7.86. The van der Waals surface area contributed by atoms with Crippen LogP contribution < -0.4 is 26.3 Å². The lowest BCUT2D eigenvalue weighted by atomic mass is 10.1. The summed E-state index contributed by atoms with van der Waals surface area (Å²) in [6, 6.07) is 4.25. The summed E-state index contributed by atoms with van der Waals surface area (Å²) in [5.74, 6) is 0.316. The zero-order valence-electron chi connectivity index (χ0n) is 12.2. The van der Waals surface area contributed by atoms with E-state index in [0.29, 0.717) is 24.7 Å². The highest BCUT2D eigenvalue weighted by atomic mass is 35.5. The zero-order chi connectivity index (χ0) is 15.4.